The Hall–Kier alpha value is -3.51. The number of imidazole rings is 1. The fraction of sp³-hybridized carbons (Fsp3) is 0.231. The number of aryl methyl sites for hydroxylation is 1. The largest absolute Gasteiger partial charge is 0.497 e. The number of hydrogen-bond acceptors (Lipinski definition) is 4. The lowest BCUT2D eigenvalue weighted by atomic mass is 10.2. The molecule has 170 valence electrons. The average molecular weight is 464 g/mol. The summed E-state index contributed by atoms with van der Waals surface area (Å²) in [6, 6.07) is 22.6. The summed E-state index contributed by atoms with van der Waals surface area (Å²) in [5.74, 6) is 2.41. The number of hydrogen-bond donors (Lipinski definition) is 1. The van der Waals surface area contributed by atoms with E-state index in [2.05, 4.69) is 16.0 Å². The van der Waals surface area contributed by atoms with Crippen LogP contribution in [0.25, 0.3) is 11.0 Å². The summed E-state index contributed by atoms with van der Waals surface area (Å²) in [6.07, 6.45) is 1.45. The molecule has 0 bridgehead atoms. The van der Waals surface area contributed by atoms with Crippen molar-refractivity contribution >= 4 is 28.5 Å². The summed E-state index contributed by atoms with van der Waals surface area (Å²) in [4.78, 5) is 17.2. The van der Waals surface area contributed by atoms with Gasteiger partial charge in [-0.05, 0) is 61.0 Å². The molecular formula is C26H26ClN3O3. The van der Waals surface area contributed by atoms with Gasteiger partial charge in [0.2, 0.25) is 0 Å². The zero-order chi connectivity index (χ0) is 23.0. The number of carbonyl (C=O) groups is 1. The predicted molar refractivity (Wildman–Crippen MR) is 130 cm³/mol. The van der Waals surface area contributed by atoms with Crippen LogP contribution in [0.15, 0.2) is 72.8 Å². The van der Waals surface area contributed by atoms with Crippen molar-refractivity contribution in [2.75, 3.05) is 20.3 Å². The normalized spacial score (nSPS) is 10.8. The summed E-state index contributed by atoms with van der Waals surface area (Å²) >= 11 is 5.99. The first-order chi connectivity index (χ1) is 16.1. The van der Waals surface area contributed by atoms with Crippen molar-refractivity contribution in [1.82, 2.24) is 14.9 Å². The molecule has 0 spiro atoms. The van der Waals surface area contributed by atoms with Crippen molar-refractivity contribution in [2.45, 2.75) is 19.4 Å². The predicted octanol–water partition coefficient (Wildman–Crippen LogP) is 5.14. The minimum absolute atomic E-state index is 0.145. The van der Waals surface area contributed by atoms with Gasteiger partial charge in [0.15, 0.2) is 0 Å². The molecule has 0 atom stereocenters. The number of benzene rings is 3. The Labute approximate surface area is 198 Å². The molecule has 33 heavy (non-hydrogen) atoms. The molecule has 0 aliphatic heterocycles. The van der Waals surface area contributed by atoms with Gasteiger partial charge >= 0.3 is 0 Å². The molecule has 7 heteroatoms. The molecule has 6 nitrogen and oxygen atoms in total. The standard InChI is InChI=1S/C26H26ClN3O3/c1-32-21-10-12-22(13-11-21)33-17-5-16-30-24-9-3-2-8-23(24)29-25(30)14-15-28-26(31)19-6-4-7-20(27)18-19/h2-4,6-13,18H,5,14-17H2,1H3,(H,28,31). The lowest BCUT2D eigenvalue weighted by molar-refractivity contribution is 0.0954. The van der Waals surface area contributed by atoms with Crippen molar-refractivity contribution in [3.8, 4) is 11.5 Å². The maximum Gasteiger partial charge on any atom is 0.251 e. The van der Waals surface area contributed by atoms with Crippen LogP contribution in [0.2, 0.25) is 5.02 Å². The lowest BCUT2D eigenvalue weighted by Crippen LogP contribution is -2.26. The summed E-state index contributed by atoms with van der Waals surface area (Å²) in [7, 11) is 1.64. The molecule has 0 radical (unpaired) electrons. The number of amides is 1. The van der Waals surface area contributed by atoms with Crippen LogP contribution in [0.4, 0.5) is 0 Å². The quantitative estimate of drug-likeness (QED) is 0.331. The second kappa shape index (κ2) is 10.9. The second-order valence-corrected chi connectivity index (χ2v) is 8.00. The zero-order valence-corrected chi connectivity index (χ0v) is 19.2. The van der Waals surface area contributed by atoms with Crippen molar-refractivity contribution in [1.29, 1.82) is 0 Å². The number of nitrogens with zero attached hydrogens (tertiary/aromatic N) is 2. The van der Waals surface area contributed by atoms with Crippen LogP contribution in [0.5, 0.6) is 11.5 Å². The third kappa shape index (κ3) is 5.84. The Balaban J connectivity index is 1.36. The molecule has 0 saturated carbocycles. The molecule has 1 N–H and O–H groups in total. The number of methoxy groups -OCH3 is 1. The highest BCUT2D eigenvalue weighted by Crippen LogP contribution is 2.19. The van der Waals surface area contributed by atoms with Crippen molar-refractivity contribution in [3.05, 3.63) is 89.2 Å². The maximum absolute atomic E-state index is 12.4. The first-order valence-corrected chi connectivity index (χ1v) is 11.3. The first-order valence-electron chi connectivity index (χ1n) is 10.9. The number of rotatable bonds is 10. The van der Waals surface area contributed by atoms with Gasteiger partial charge in [-0.3, -0.25) is 4.79 Å². The number of carbonyl (C=O) groups excluding carboxylic acids is 1. The van der Waals surface area contributed by atoms with Crippen LogP contribution in [-0.4, -0.2) is 35.7 Å². The van der Waals surface area contributed by atoms with Gasteiger partial charge in [-0.15, -0.1) is 0 Å². The Bertz CT molecular complexity index is 1220. The molecule has 0 saturated heterocycles. The molecule has 0 fully saturated rings. The Morgan fingerprint density at radius 1 is 1.03 bits per heavy atom. The summed E-state index contributed by atoms with van der Waals surface area (Å²) in [5.41, 5.74) is 2.58. The van der Waals surface area contributed by atoms with E-state index in [1.807, 2.05) is 42.5 Å². The Kier molecular flexibility index (Phi) is 7.47. The minimum Gasteiger partial charge on any atom is -0.497 e. The fourth-order valence-electron chi connectivity index (χ4n) is 3.67. The van der Waals surface area contributed by atoms with Gasteiger partial charge in [-0.25, -0.2) is 4.98 Å². The van der Waals surface area contributed by atoms with Crippen LogP contribution < -0.4 is 14.8 Å². The topological polar surface area (TPSA) is 65.4 Å². The number of nitrogens with one attached hydrogen (secondary N) is 1. The van der Waals surface area contributed by atoms with E-state index >= 15 is 0 Å². The van der Waals surface area contributed by atoms with E-state index in [1.165, 1.54) is 0 Å². The molecule has 4 rings (SSSR count). The highest BCUT2D eigenvalue weighted by atomic mass is 35.5. The van der Waals surface area contributed by atoms with E-state index < -0.39 is 0 Å². The van der Waals surface area contributed by atoms with Crippen LogP contribution in [0.3, 0.4) is 0 Å². The second-order valence-electron chi connectivity index (χ2n) is 7.56. The van der Waals surface area contributed by atoms with Crippen molar-refractivity contribution in [3.63, 3.8) is 0 Å². The van der Waals surface area contributed by atoms with Gasteiger partial charge in [0, 0.05) is 30.1 Å². The molecule has 0 aliphatic carbocycles. The van der Waals surface area contributed by atoms with E-state index in [1.54, 1.807) is 31.4 Å². The number of ether oxygens (including phenoxy) is 2. The van der Waals surface area contributed by atoms with Gasteiger partial charge in [0.05, 0.1) is 24.8 Å². The van der Waals surface area contributed by atoms with Gasteiger partial charge in [-0.2, -0.15) is 0 Å². The van der Waals surface area contributed by atoms with Gasteiger partial charge < -0.3 is 19.4 Å². The molecule has 1 heterocycles. The van der Waals surface area contributed by atoms with E-state index in [0.717, 1.165) is 41.3 Å². The third-order valence-corrected chi connectivity index (χ3v) is 5.54. The van der Waals surface area contributed by atoms with Gasteiger partial charge in [0.1, 0.15) is 17.3 Å². The van der Waals surface area contributed by atoms with Crippen molar-refractivity contribution < 1.29 is 14.3 Å². The lowest BCUT2D eigenvalue weighted by Gasteiger charge is -2.11. The third-order valence-electron chi connectivity index (χ3n) is 5.31. The number of fused-ring (bicyclic) bond motifs is 1. The first kappa shape index (κ1) is 22.7. The maximum atomic E-state index is 12.4. The summed E-state index contributed by atoms with van der Waals surface area (Å²) in [5, 5.41) is 3.50. The summed E-state index contributed by atoms with van der Waals surface area (Å²) in [6.45, 7) is 1.84. The molecule has 4 aromatic rings. The van der Waals surface area contributed by atoms with E-state index in [-0.39, 0.29) is 5.91 Å². The number of halogens is 1. The van der Waals surface area contributed by atoms with Gasteiger partial charge in [0.25, 0.3) is 5.91 Å². The van der Waals surface area contributed by atoms with Crippen LogP contribution in [0, 0.1) is 0 Å². The SMILES string of the molecule is COc1ccc(OCCCn2c(CCNC(=O)c3cccc(Cl)c3)nc3ccccc32)cc1. The van der Waals surface area contributed by atoms with E-state index in [0.29, 0.717) is 30.2 Å². The molecule has 1 amide bonds. The fourth-order valence-corrected chi connectivity index (χ4v) is 3.86. The molecule has 3 aromatic carbocycles. The highest BCUT2D eigenvalue weighted by Gasteiger charge is 2.12. The Morgan fingerprint density at radius 3 is 2.61 bits per heavy atom. The molecular weight excluding hydrogens is 438 g/mol. The van der Waals surface area contributed by atoms with Crippen molar-refractivity contribution in [2.24, 2.45) is 0 Å². The van der Waals surface area contributed by atoms with E-state index in [9.17, 15) is 4.79 Å². The minimum atomic E-state index is -0.145. The molecule has 0 unspecified atom stereocenters. The number of para-hydroxylation sites is 2. The van der Waals surface area contributed by atoms with Crippen LogP contribution in [-0.2, 0) is 13.0 Å². The van der Waals surface area contributed by atoms with Crippen LogP contribution >= 0.6 is 11.6 Å². The average Bonchev–Trinajstić information content (AvgIpc) is 3.19. The highest BCUT2D eigenvalue weighted by molar-refractivity contribution is 6.30. The van der Waals surface area contributed by atoms with Crippen LogP contribution in [0.1, 0.15) is 22.6 Å². The number of aromatic nitrogens is 2. The Morgan fingerprint density at radius 2 is 1.82 bits per heavy atom. The van der Waals surface area contributed by atoms with Gasteiger partial charge in [-0.1, -0.05) is 29.8 Å². The monoisotopic (exact) mass is 463 g/mol. The van der Waals surface area contributed by atoms with E-state index in [4.69, 9.17) is 26.1 Å². The molecule has 1 aromatic heterocycles. The molecule has 0 aliphatic rings. The zero-order valence-electron chi connectivity index (χ0n) is 18.5. The smallest absolute Gasteiger partial charge is 0.251 e. The summed E-state index contributed by atoms with van der Waals surface area (Å²) < 4.78 is 13.3.